The molecule has 0 spiro atoms. The Morgan fingerprint density at radius 1 is 1.35 bits per heavy atom. The first kappa shape index (κ1) is 17.4. The molecule has 2 atom stereocenters. The molecule has 3 heterocycles. The van der Waals surface area contributed by atoms with Crippen molar-refractivity contribution in [2.24, 2.45) is 0 Å². The van der Waals surface area contributed by atoms with Gasteiger partial charge in [0.1, 0.15) is 0 Å². The summed E-state index contributed by atoms with van der Waals surface area (Å²) in [6, 6.07) is 5.63. The SMILES string of the molecule is CC1Cc2cc(-c3nc(C4CNCCN4C)no3)ccc2N1S(C)(=O)=O. The lowest BCUT2D eigenvalue weighted by molar-refractivity contribution is 0.190. The number of fused-ring (bicyclic) bond motifs is 1. The number of benzene rings is 1. The normalized spacial score (nSPS) is 24.0. The predicted molar refractivity (Wildman–Crippen MR) is 98.5 cm³/mol. The van der Waals surface area contributed by atoms with Crippen LogP contribution in [0.1, 0.15) is 24.4 Å². The lowest BCUT2D eigenvalue weighted by atomic mass is 10.1. The number of piperazine rings is 1. The van der Waals surface area contributed by atoms with Gasteiger partial charge in [0, 0.05) is 31.2 Å². The molecule has 1 saturated heterocycles. The van der Waals surface area contributed by atoms with Crippen LogP contribution in [0.3, 0.4) is 0 Å². The van der Waals surface area contributed by atoms with Crippen molar-refractivity contribution in [1.29, 1.82) is 0 Å². The van der Waals surface area contributed by atoms with E-state index in [0.29, 0.717) is 18.1 Å². The van der Waals surface area contributed by atoms with E-state index in [1.165, 1.54) is 10.6 Å². The van der Waals surface area contributed by atoms with Crippen LogP contribution in [-0.4, -0.2) is 62.4 Å². The second kappa shape index (κ2) is 6.33. The van der Waals surface area contributed by atoms with Crippen LogP contribution in [0.25, 0.3) is 11.5 Å². The van der Waals surface area contributed by atoms with Gasteiger partial charge in [0.15, 0.2) is 5.82 Å². The molecule has 2 aromatic rings. The Morgan fingerprint density at radius 3 is 2.88 bits per heavy atom. The third kappa shape index (κ3) is 3.00. The van der Waals surface area contributed by atoms with Crippen molar-refractivity contribution < 1.29 is 12.9 Å². The number of likely N-dealkylation sites (N-methyl/N-ethyl adjacent to an activating group) is 1. The summed E-state index contributed by atoms with van der Waals surface area (Å²) < 4.78 is 31.1. The largest absolute Gasteiger partial charge is 0.334 e. The first-order valence-corrected chi connectivity index (χ1v) is 10.6. The van der Waals surface area contributed by atoms with Gasteiger partial charge >= 0.3 is 0 Å². The molecule has 140 valence electrons. The van der Waals surface area contributed by atoms with Gasteiger partial charge in [-0.3, -0.25) is 9.21 Å². The quantitative estimate of drug-likeness (QED) is 0.854. The highest BCUT2D eigenvalue weighted by Crippen LogP contribution is 2.36. The Kier molecular flexibility index (Phi) is 4.25. The average Bonchev–Trinajstić information content (AvgIpc) is 3.17. The number of nitrogens with zero attached hydrogens (tertiary/aromatic N) is 4. The van der Waals surface area contributed by atoms with Crippen LogP contribution in [0.15, 0.2) is 22.7 Å². The molecule has 0 aliphatic carbocycles. The summed E-state index contributed by atoms with van der Waals surface area (Å²) in [4.78, 5) is 6.78. The number of nitrogens with one attached hydrogen (secondary N) is 1. The molecule has 4 rings (SSSR count). The molecule has 0 radical (unpaired) electrons. The highest BCUT2D eigenvalue weighted by molar-refractivity contribution is 7.92. The maximum absolute atomic E-state index is 12.0. The summed E-state index contributed by atoms with van der Waals surface area (Å²) in [7, 11) is -1.24. The van der Waals surface area contributed by atoms with Gasteiger partial charge in [0.2, 0.25) is 10.0 Å². The van der Waals surface area contributed by atoms with Gasteiger partial charge in [-0.05, 0) is 44.2 Å². The minimum absolute atomic E-state index is 0.0875. The van der Waals surface area contributed by atoms with Crippen molar-refractivity contribution in [3.05, 3.63) is 29.6 Å². The van der Waals surface area contributed by atoms with Gasteiger partial charge in [0.25, 0.3) is 5.89 Å². The Labute approximate surface area is 153 Å². The summed E-state index contributed by atoms with van der Waals surface area (Å²) in [5.41, 5.74) is 2.54. The number of hydrogen-bond donors (Lipinski definition) is 1. The van der Waals surface area contributed by atoms with E-state index in [1.54, 1.807) is 0 Å². The van der Waals surface area contributed by atoms with Crippen LogP contribution in [0, 0.1) is 0 Å². The zero-order valence-corrected chi connectivity index (χ0v) is 16.0. The van der Waals surface area contributed by atoms with E-state index in [0.717, 1.165) is 36.4 Å². The predicted octanol–water partition coefficient (Wildman–Crippen LogP) is 1.02. The molecular formula is C17H23N5O3S. The fourth-order valence-electron chi connectivity index (χ4n) is 3.82. The Bertz CT molecular complexity index is 926. The van der Waals surface area contributed by atoms with Crippen molar-refractivity contribution in [2.75, 3.05) is 37.2 Å². The maximum atomic E-state index is 12.0. The van der Waals surface area contributed by atoms with E-state index in [1.807, 2.05) is 25.1 Å². The Morgan fingerprint density at radius 2 is 2.15 bits per heavy atom. The maximum Gasteiger partial charge on any atom is 0.257 e. The average molecular weight is 377 g/mol. The van der Waals surface area contributed by atoms with Gasteiger partial charge < -0.3 is 9.84 Å². The fraction of sp³-hybridized carbons (Fsp3) is 0.529. The molecule has 1 N–H and O–H groups in total. The molecule has 2 aliphatic heterocycles. The third-order valence-electron chi connectivity index (χ3n) is 5.09. The topological polar surface area (TPSA) is 91.6 Å². The number of hydrogen-bond acceptors (Lipinski definition) is 7. The van der Waals surface area contributed by atoms with Crippen molar-refractivity contribution in [3.8, 4) is 11.5 Å². The molecule has 8 nitrogen and oxygen atoms in total. The van der Waals surface area contributed by atoms with Crippen LogP contribution in [0.2, 0.25) is 0 Å². The number of rotatable bonds is 3. The van der Waals surface area contributed by atoms with Crippen molar-refractivity contribution >= 4 is 15.7 Å². The zero-order chi connectivity index (χ0) is 18.5. The number of sulfonamides is 1. The van der Waals surface area contributed by atoms with E-state index in [4.69, 9.17) is 4.52 Å². The van der Waals surface area contributed by atoms with Gasteiger partial charge in [0.05, 0.1) is 18.0 Å². The van der Waals surface area contributed by atoms with E-state index in [-0.39, 0.29) is 12.1 Å². The fourth-order valence-corrected chi connectivity index (χ4v) is 5.09. The second-order valence-corrected chi connectivity index (χ2v) is 8.97. The number of aromatic nitrogens is 2. The minimum Gasteiger partial charge on any atom is -0.334 e. The highest BCUT2D eigenvalue weighted by Gasteiger charge is 2.33. The van der Waals surface area contributed by atoms with Crippen molar-refractivity contribution in [2.45, 2.75) is 25.4 Å². The molecule has 1 fully saturated rings. The first-order valence-electron chi connectivity index (χ1n) is 8.72. The summed E-state index contributed by atoms with van der Waals surface area (Å²) >= 11 is 0. The van der Waals surface area contributed by atoms with Crippen LogP contribution < -0.4 is 9.62 Å². The molecule has 26 heavy (non-hydrogen) atoms. The van der Waals surface area contributed by atoms with Crippen molar-refractivity contribution in [1.82, 2.24) is 20.4 Å². The molecule has 2 unspecified atom stereocenters. The molecule has 2 aliphatic rings. The number of anilines is 1. The Balaban J connectivity index is 1.64. The van der Waals surface area contributed by atoms with Gasteiger partial charge in [-0.15, -0.1) is 0 Å². The highest BCUT2D eigenvalue weighted by atomic mass is 32.2. The van der Waals surface area contributed by atoms with Crippen LogP contribution >= 0.6 is 0 Å². The van der Waals surface area contributed by atoms with Gasteiger partial charge in [-0.2, -0.15) is 4.98 Å². The lowest BCUT2D eigenvalue weighted by Crippen LogP contribution is -2.44. The first-order chi connectivity index (χ1) is 12.3. The third-order valence-corrected chi connectivity index (χ3v) is 6.36. The summed E-state index contributed by atoms with van der Waals surface area (Å²) in [5, 5.41) is 7.50. The molecule has 0 bridgehead atoms. The van der Waals surface area contributed by atoms with Crippen LogP contribution in [0.5, 0.6) is 0 Å². The molecule has 1 aromatic heterocycles. The monoisotopic (exact) mass is 377 g/mol. The summed E-state index contributed by atoms with van der Waals surface area (Å²) in [6.07, 6.45) is 1.91. The van der Waals surface area contributed by atoms with Crippen molar-refractivity contribution in [3.63, 3.8) is 0 Å². The van der Waals surface area contributed by atoms with Gasteiger partial charge in [-0.25, -0.2) is 8.42 Å². The minimum atomic E-state index is -3.29. The molecule has 1 aromatic carbocycles. The molecule has 0 saturated carbocycles. The molecular weight excluding hydrogens is 354 g/mol. The van der Waals surface area contributed by atoms with Crippen LogP contribution in [0.4, 0.5) is 5.69 Å². The van der Waals surface area contributed by atoms with E-state index >= 15 is 0 Å². The van der Waals surface area contributed by atoms with Crippen LogP contribution in [-0.2, 0) is 16.4 Å². The lowest BCUT2D eigenvalue weighted by Gasteiger charge is -2.30. The smallest absolute Gasteiger partial charge is 0.257 e. The Hall–Kier alpha value is -1.97. The molecule has 9 heteroatoms. The van der Waals surface area contributed by atoms with E-state index < -0.39 is 10.0 Å². The standard InChI is InChI=1S/C17H23N5O3S/c1-11-8-13-9-12(4-5-14(13)22(11)26(3,23)24)17-19-16(20-25-17)15-10-18-6-7-21(15)2/h4-5,9,11,15,18H,6-8,10H2,1-3H3. The van der Waals surface area contributed by atoms with E-state index in [2.05, 4.69) is 27.4 Å². The second-order valence-electron chi connectivity index (χ2n) is 7.11. The molecule has 0 amide bonds. The summed E-state index contributed by atoms with van der Waals surface area (Å²) in [6.45, 7) is 4.60. The van der Waals surface area contributed by atoms with Gasteiger partial charge in [-0.1, -0.05) is 5.16 Å². The zero-order valence-electron chi connectivity index (χ0n) is 15.1. The van der Waals surface area contributed by atoms with E-state index in [9.17, 15) is 8.42 Å². The summed E-state index contributed by atoms with van der Waals surface area (Å²) in [5.74, 6) is 1.13.